The zero-order chi connectivity index (χ0) is 49.5. The molecule has 71 heavy (non-hydrogen) atoms. The first-order valence-corrected chi connectivity index (χ1v) is 23.5. The van der Waals surface area contributed by atoms with Gasteiger partial charge in [-0.25, -0.2) is 19.9 Å². The van der Waals surface area contributed by atoms with Gasteiger partial charge in [0.15, 0.2) is 11.5 Å². The zero-order valence-corrected chi connectivity index (χ0v) is 39.2. The van der Waals surface area contributed by atoms with Crippen molar-refractivity contribution in [3.63, 3.8) is 0 Å². The number of nitrogen functional groups attached to an aromatic ring is 2. The summed E-state index contributed by atoms with van der Waals surface area (Å²) in [7, 11) is 0. The number of likely N-dealkylation sites (tertiary alicyclic amines) is 2. The lowest BCUT2D eigenvalue weighted by Crippen LogP contribution is -2.38. The van der Waals surface area contributed by atoms with E-state index in [0.717, 1.165) is 48.4 Å². The largest absolute Gasteiger partial charge is 0.481 e. The van der Waals surface area contributed by atoms with Crippen molar-refractivity contribution in [3.05, 3.63) is 185 Å². The Hall–Kier alpha value is -8.41. The summed E-state index contributed by atoms with van der Waals surface area (Å²) in [5.41, 5.74) is 19.4. The van der Waals surface area contributed by atoms with Crippen LogP contribution in [0.15, 0.2) is 146 Å². The lowest BCUT2D eigenvalue weighted by atomic mass is 9.97. The Labute approximate surface area is 411 Å². The molecule has 0 bridgehead atoms. The summed E-state index contributed by atoms with van der Waals surface area (Å²) >= 11 is 0. The molecule has 3 aromatic heterocycles. The summed E-state index contributed by atoms with van der Waals surface area (Å²) in [6.45, 7) is 5.07. The van der Waals surface area contributed by atoms with E-state index < -0.39 is 5.97 Å². The van der Waals surface area contributed by atoms with Crippen LogP contribution < -0.4 is 27.4 Å². The summed E-state index contributed by atoms with van der Waals surface area (Å²) in [4.78, 5) is 76.1. The first kappa shape index (κ1) is 49.0. The number of aromatic nitrogens is 5. The average Bonchev–Trinajstić information content (AvgIpc) is 3.85. The lowest BCUT2D eigenvalue weighted by molar-refractivity contribution is -0.143. The van der Waals surface area contributed by atoms with Gasteiger partial charge in [0.05, 0.1) is 41.1 Å². The number of hydrogen-bond donors (Lipinski definition) is 6. The van der Waals surface area contributed by atoms with E-state index in [1.54, 1.807) is 42.7 Å². The van der Waals surface area contributed by atoms with Gasteiger partial charge in [-0.2, -0.15) is 0 Å². The molecule has 0 spiro atoms. The maximum Gasteiger partial charge on any atom is 0.306 e. The van der Waals surface area contributed by atoms with Gasteiger partial charge in [-0.3, -0.25) is 34.0 Å². The number of rotatable bonds is 15. The lowest BCUT2D eigenvalue weighted by Gasteiger charge is -2.29. The van der Waals surface area contributed by atoms with E-state index in [1.807, 2.05) is 97.1 Å². The molecule has 17 nitrogen and oxygen atoms in total. The number of amides is 3. The van der Waals surface area contributed by atoms with Crippen LogP contribution in [-0.4, -0.2) is 95.7 Å². The third kappa shape index (κ3) is 13.6. The van der Waals surface area contributed by atoms with E-state index >= 15 is 0 Å². The Morgan fingerprint density at radius 2 is 1.15 bits per heavy atom. The molecular weight excluding hydrogens is 897 g/mol. The van der Waals surface area contributed by atoms with E-state index in [2.05, 4.69) is 45.7 Å². The normalized spacial score (nSPS) is 15.0. The van der Waals surface area contributed by atoms with Crippen molar-refractivity contribution in [2.45, 2.75) is 51.5 Å². The summed E-state index contributed by atoms with van der Waals surface area (Å²) in [6.07, 6.45) is 6.95. The highest BCUT2D eigenvalue weighted by Crippen LogP contribution is 2.25. The molecule has 1 atom stereocenters. The number of anilines is 2. The van der Waals surface area contributed by atoms with E-state index in [9.17, 15) is 24.3 Å². The van der Waals surface area contributed by atoms with Crippen LogP contribution in [0, 0.1) is 5.92 Å². The monoisotopic (exact) mass is 952 g/mol. The number of aliphatic carboxylic acids is 1. The van der Waals surface area contributed by atoms with Gasteiger partial charge in [0.2, 0.25) is 0 Å². The molecule has 9 rings (SSSR count). The number of piperidine rings is 1. The Morgan fingerprint density at radius 3 is 1.73 bits per heavy atom. The van der Waals surface area contributed by atoms with Crippen LogP contribution in [0.25, 0.3) is 22.5 Å². The SMILES string of the molecule is Nc1ncc(-c2cccc(C(=O)NCc3ccccc3)c2)nc1C(=O)N[C@H]1CCN(Cc2ccccn2)C1.Nc1ncc(-c2cccc(C(=O)NCc3ccccc3)c2)nc1CN1CCC(C(=O)O)CC1. The number of carboxylic acids is 1. The summed E-state index contributed by atoms with van der Waals surface area (Å²) in [5.74, 6) is -1.32. The number of carbonyl (C=O) groups excluding carboxylic acids is 3. The van der Waals surface area contributed by atoms with E-state index in [0.29, 0.717) is 85.2 Å². The van der Waals surface area contributed by atoms with Gasteiger partial charge in [-0.05, 0) is 79.9 Å². The number of nitrogens with zero attached hydrogens (tertiary/aromatic N) is 7. The highest BCUT2D eigenvalue weighted by atomic mass is 16.4. The minimum atomic E-state index is -0.733. The second-order valence-electron chi connectivity index (χ2n) is 17.5. The molecular formula is C54H56N12O5. The van der Waals surface area contributed by atoms with Crippen LogP contribution in [0.2, 0.25) is 0 Å². The van der Waals surface area contributed by atoms with E-state index in [4.69, 9.17) is 16.5 Å². The van der Waals surface area contributed by atoms with Crippen LogP contribution >= 0.6 is 0 Å². The third-order valence-corrected chi connectivity index (χ3v) is 12.4. The molecule has 0 saturated carbocycles. The van der Waals surface area contributed by atoms with Gasteiger partial charge in [-0.1, -0.05) is 91.0 Å². The maximum absolute atomic E-state index is 13.1. The molecule has 0 radical (unpaired) electrons. The molecule has 7 aromatic rings. The second kappa shape index (κ2) is 23.7. The van der Waals surface area contributed by atoms with E-state index in [1.165, 1.54) is 6.20 Å². The standard InChI is InChI=1S/C29H29N7O2.C25H27N5O3/c30-27-26(29(38)34-24-12-14-36(19-24)18-23-11-4-5-13-31-23)35-25(17-32-27)21-9-6-10-22(15-21)28(37)33-16-20-7-2-1-3-8-20;26-23-22(16-30-11-9-18(10-12-30)25(32)33)29-21(15-27-23)19-7-4-8-20(13-19)24(31)28-14-17-5-2-1-3-6-17/h1-11,13,15,17,24H,12,14,16,18-19H2,(H2,30,32)(H,33,37)(H,34,38);1-8,13,15,18H,9-12,14,16H2,(H2,26,27)(H,28,31)(H,32,33)/t24-;/m0./s1. The molecule has 2 saturated heterocycles. The van der Waals surface area contributed by atoms with Crippen LogP contribution in [0.1, 0.15) is 73.0 Å². The first-order valence-electron chi connectivity index (χ1n) is 23.5. The molecule has 8 N–H and O–H groups in total. The molecule has 5 heterocycles. The average molecular weight is 953 g/mol. The van der Waals surface area contributed by atoms with Gasteiger partial charge < -0.3 is 32.5 Å². The fraction of sp³-hybridized carbons (Fsp3) is 0.241. The van der Waals surface area contributed by atoms with Gasteiger partial charge in [0, 0.05) is 73.8 Å². The summed E-state index contributed by atoms with van der Waals surface area (Å²) in [6, 6.07) is 39.6. The van der Waals surface area contributed by atoms with Crippen LogP contribution in [0.4, 0.5) is 11.6 Å². The summed E-state index contributed by atoms with van der Waals surface area (Å²) in [5, 5.41) is 18.1. The van der Waals surface area contributed by atoms with Crippen molar-refractivity contribution >= 4 is 35.3 Å². The summed E-state index contributed by atoms with van der Waals surface area (Å²) < 4.78 is 0. The van der Waals surface area contributed by atoms with Crippen molar-refractivity contribution < 1.29 is 24.3 Å². The van der Waals surface area contributed by atoms with Crippen molar-refractivity contribution in [1.29, 1.82) is 0 Å². The topological polar surface area (TPSA) is 248 Å². The van der Waals surface area contributed by atoms with Gasteiger partial charge >= 0.3 is 5.97 Å². The van der Waals surface area contributed by atoms with Crippen molar-refractivity contribution in [2.24, 2.45) is 5.92 Å². The van der Waals surface area contributed by atoms with Crippen molar-refractivity contribution in [3.8, 4) is 22.5 Å². The number of nitrogens with one attached hydrogen (secondary N) is 3. The van der Waals surface area contributed by atoms with Gasteiger partial charge in [-0.15, -0.1) is 0 Å². The fourth-order valence-corrected chi connectivity index (χ4v) is 8.42. The Kier molecular flexibility index (Phi) is 16.4. The minimum Gasteiger partial charge on any atom is -0.481 e. The minimum absolute atomic E-state index is 0.0206. The highest BCUT2D eigenvalue weighted by molar-refractivity contribution is 5.98. The molecule has 2 aliphatic heterocycles. The van der Waals surface area contributed by atoms with Crippen LogP contribution in [-0.2, 0) is 31.0 Å². The molecule has 0 unspecified atom stereocenters. The quantitative estimate of drug-likeness (QED) is 0.0690. The number of carbonyl (C=O) groups is 4. The number of nitrogens with two attached hydrogens (primary N) is 2. The van der Waals surface area contributed by atoms with Gasteiger partial charge in [0.25, 0.3) is 17.7 Å². The zero-order valence-electron chi connectivity index (χ0n) is 39.2. The Bertz CT molecular complexity index is 2940. The fourth-order valence-electron chi connectivity index (χ4n) is 8.42. The first-order chi connectivity index (χ1) is 34.5. The number of pyridine rings is 1. The molecule has 2 aliphatic rings. The molecule has 3 amide bonds. The number of carboxylic acid groups (broad SMARTS) is 1. The molecule has 362 valence electrons. The van der Waals surface area contributed by atoms with Crippen molar-refractivity contribution in [1.82, 2.24) is 50.7 Å². The van der Waals surface area contributed by atoms with Crippen LogP contribution in [0.3, 0.4) is 0 Å². The van der Waals surface area contributed by atoms with Gasteiger partial charge in [0.1, 0.15) is 5.82 Å². The predicted molar refractivity (Wildman–Crippen MR) is 270 cm³/mol. The number of hydrogen-bond acceptors (Lipinski definition) is 13. The Morgan fingerprint density at radius 1 is 0.592 bits per heavy atom. The molecule has 4 aromatic carbocycles. The van der Waals surface area contributed by atoms with Crippen molar-refractivity contribution in [2.75, 3.05) is 37.6 Å². The number of benzene rings is 4. The molecule has 0 aliphatic carbocycles. The third-order valence-electron chi connectivity index (χ3n) is 12.4. The maximum atomic E-state index is 13.1. The van der Waals surface area contributed by atoms with E-state index in [-0.39, 0.29) is 41.2 Å². The van der Waals surface area contributed by atoms with Crippen LogP contribution in [0.5, 0.6) is 0 Å². The molecule has 17 heteroatoms. The smallest absolute Gasteiger partial charge is 0.306 e. The second-order valence-corrected chi connectivity index (χ2v) is 17.5. The predicted octanol–water partition coefficient (Wildman–Crippen LogP) is 6.01. The Balaban J connectivity index is 0.000000192. The highest BCUT2D eigenvalue weighted by Gasteiger charge is 2.27. The molecule has 2 fully saturated rings.